The summed E-state index contributed by atoms with van der Waals surface area (Å²) in [6.45, 7) is 0.320. The zero-order valence-electron chi connectivity index (χ0n) is 10.6. The van der Waals surface area contributed by atoms with Crippen molar-refractivity contribution in [1.29, 1.82) is 0 Å². The fourth-order valence-electron chi connectivity index (χ4n) is 2.05. The van der Waals surface area contributed by atoms with Gasteiger partial charge in [0.25, 0.3) is 0 Å². The van der Waals surface area contributed by atoms with Crippen molar-refractivity contribution in [3.8, 4) is 0 Å². The number of sulfonamides is 1. The largest absolute Gasteiger partial charge is 0.392 e. The minimum Gasteiger partial charge on any atom is -0.392 e. The first-order valence-corrected chi connectivity index (χ1v) is 8.40. The van der Waals surface area contributed by atoms with E-state index in [1.54, 1.807) is 0 Å². The van der Waals surface area contributed by atoms with E-state index in [1.807, 2.05) is 0 Å². The number of hydrogen-bond acceptors (Lipinski definition) is 4. The van der Waals surface area contributed by atoms with Gasteiger partial charge in [0.1, 0.15) is 10.7 Å². The van der Waals surface area contributed by atoms with Crippen LogP contribution in [0.5, 0.6) is 0 Å². The summed E-state index contributed by atoms with van der Waals surface area (Å²) in [6, 6.07) is 2.17. The van der Waals surface area contributed by atoms with Gasteiger partial charge in [-0.15, -0.1) is 0 Å². The van der Waals surface area contributed by atoms with Gasteiger partial charge in [0, 0.05) is 22.7 Å². The Balaban J connectivity index is 2.31. The van der Waals surface area contributed by atoms with Crippen LogP contribution in [0.15, 0.2) is 21.5 Å². The molecule has 2 rings (SSSR count). The van der Waals surface area contributed by atoms with Crippen LogP contribution in [-0.2, 0) is 21.4 Å². The van der Waals surface area contributed by atoms with Gasteiger partial charge < -0.3 is 9.84 Å². The second-order valence-electron chi connectivity index (χ2n) is 4.57. The number of halogens is 2. The molecule has 8 heteroatoms. The van der Waals surface area contributed by atoms with Gasteiger partial charge >= 0.3 is 0 Å². The van der Waals surface area contributed by atoms with Gasteiger partial charge in [0.15, 0.2) is 0 Å². The Kier molecular flexibility index (Phi) is 5.14. The Hall–Kier alpha value is -0.540. The maximum atomic E-state index is 14.1. The minimum absolute atomic E-state index is 0.0698. The summed E-state index contributed by atoms with van der Waals surface area (Å²) in [5, 5.41) is 9.06. The molecule has 0 radical (unpaired) electrons. The van der Waals surface area contributed by atoms with Crippen molar-refractivity contribution in [2.24, 2.45) is 0 Å². The van der Waals surface area contributed by atoms with Gasteiger partial charge in [-0.1, -0.05) is 15.9 Å². The zero-order chi connectivity index (χ0) is 14.8. The number of ether oxygens (including phenoxy) is 1. The van der Waals surface area contributed by atoms with Crippen LogP contribution in [0.3, 0.4) is 0 Å². The molecule has 0 amide bonds. The molecule has 0 aliphatic carbocycles. The minimum atomic E-state index is -3.99. The molecule has 1 heterocycles. The van der Waals surface area contributed by atoms with E-state index in [0.29, 0.717) is 17.5 Å². The molecule has 20 heavy (non-hydrogen) atoms. The summed E-state index contributed by atoms with van der Waals surface area (Å²) in [5.74, 6) is -0.931. The summed E-state index contributed by atoms with van der Waals surface area (Å²) < 4.78 is 46.6. The van der Waals surface area contributed by atoms with E-state index in [9.17, 15) is 12.8 Å². The van der Waals surface area contributed by atoms with Crippen molar-refractivity contribution in [3.63, 3.8) is 0 Å². The predicted molar refractivity (Wildman–Crippen MR) is 74.2 cm³/mol. The molecule has 0 aromatic heterocycles. The Morgan fingerprint density at radius 1 is 1.50 bits per heavy atom. The van der Waals surface area contributed by atoms with Crippen LogP contribution < -0.4 is 4.72 Å². The Labute approximate surface area is 125 Å². The standard InChI is InChI=1S/C12H15BrFNO4S/c13-9-4-8(6-16)12(14)11(5-9)20(17,18)15-10-2-1-3-19-7-10/h4-5,10,15-16H,1-3,6-7H2. The van der Waals surface area contributed by atoms with Crippen LogP contribution in [0.25, 0.3) is 0 Å². The van der Waals surface area contributed by atoms with Crippen LogP contribution in [0, 0.1) is 5.82 Å². The topological polar surface area (TPSA) is 75.6 Å². The van der Waals surface area contributed by atoms with E-state index in [-0.39, 0.29) is 18.2 Å². The molecule has 112 valence electrons. The fourth-order valence-corrected chi connectivity index (χ4v) is 4.10. The SMILES string of the molecule is O=S(=O)(NC1CCCOC1)c1cc(Br)cc(CO)c1F. The van der Waals surface area contributed by atoms with Gasteiger partial charge in [-0.25, -0.2) is 17.5 Å². The van der Waals surface area contributed by atoms with Crippen molar-refractivity contribution in [2.75, 3.05) is 13.2 Å². The number of benzene rings is 1. The Morgan fingerprint density at radius 2 is 2.25 bits per heavy atom. The van der Waals surface area contributed by atoms with Gasteiger partial charge in [0.05, 0.1) is 13.2 Å². The van der Waals surface area contributed by atoms with Crippen LogP contribution in [-0.4, -0.2) is 32.8 Å². The van der Waals surface area contributed by atoms with E-state index in [1.165, 1.54) is 12.1 Å². The predicted octanol–water partition coefficient (Wildman–Crippen LogP) is 1.54. The number of rotatable bonds is 4. The van der Waals surface area contributed by atoms with E-state index < -0.39 is 27.3 Å². The molecule has 1 aromatic carbocycles. The van der Waals surface area contributed by atoms with Crippen molar-refractivity contribution < 1.29 is 22.7 Å². The summed E-state index contributed by atoms with van der Waals surface area (Å²) in [4.78, 5) is -0.471. The number of nitrogens with one attached hydrogen (secondary N) is 1. The molecular weight excluding hydrogens is 353 g/mol. The van der Waals surface area contributed by atoms with E-state index >= 15 is 0 Å². The van der Waals surface area contributed by atoms with Crippen molar-refractivity contribution in [1.82, 2.24) is 4.72 Å². The highest BCUT2D eigenvalue weighted by Gasteiger charge is 2.26. The van der Waals surface area contributed by atoms with Crippen LogP contribution in [0.1, 0.15) is 18.4 Å². The molecule has 1 fully saturated rings. The molecule has 5 nitrogen and oxygen atoms in total. The normalized spacial score (nSPS) is 20.1. The molecule has 1 aliphatic rings. The van der Waals surface area contributed by atoms with Crippen LogP contribution in [0.4, 0.5) is 4.39 Å². The third-order valence-electron chi connectivity index (χ3n) is 3.02. The fraction of sp³-hybridized carbons (Fsp3) is 0.500. The summed E-state index contributed by atoms with van der Waals surface area (Å²) in [7, 11) is -3.99. The molecule has 1 aromatic rings. The molecule has 1 saturated heterocycles. The van der Waals surface area contributed by atoms with Gasteiger partial charge in [-0.3, -0.25) is 0 Å². The van der Waals surface area contributed by atoms with Gasteiger partial charge in [-0.05, 0) is 25.0 Å². The lowest BCUT2D eigenvalue weighted by Gasteiger charge is -2.23. The van der Waals surface area contributed by atoms with Crippen molar-refractivity contribution in [3.05, 3.63) is 28.0 Å². The lowest BCUT2D eigenvalue weighted by Crippen LogP contribution is -2.40. The number of aliphatic hydroxyl groups is 1. The first kappa shape index (κ1) is 15.8. The third-order valence-corrected chi connectivity index (χ3v) is 5.00. The first-order valence-electron chi connectivity index (χ1n) is 6.13. The molecule has 0 saturated carbocycles. The first-order chi connectivity index (χ1) is 9.44. The smallest absolute Gasteiger partial charge is 0.243 e. The second kappa shape index (κ2) is 6.48. The Bertz CT molecular complexity index is 587. The average molecular weight is 368 g/mol. The molecule has 0 bridgehead atoms. The van der Waals surface area contributed by atoms with Gasteiger partial charge in [-0.2, -0.15) is 0 Å². The molecule has 1 unspecified atom stereocenters. The van der Waals surface area contributed by atoms with E-state index in [4.69, 9.17) is 9.84 Å². The van der Waals surface area contributed by atoms with E-state index in [2.05, 4.69) is 20.7 Å². The second-order valence-corrected chi connectivity index (χ2v) is 7.17. The maximum absolute atomic E-state index is 14.1. The lowest BCUT2D eigenvalue weighted by atomic mass is 10.1. The van der Waals surface area contributed by atoms with Crippen LogP contribution in [0.2, 0.25) is 0 Å². The molecular formula is C12H15BrFNO4S. The summed E-state index contributed by atoms with van der Waals surface area (Å²) in [5.41, 5.74) is -0.0698. The monoisotopic (exact) mass is 367 g/mol. The molecule has 0 spiro atoms. The van der Waals surface area contributed by atoms with Crippen LogP contribution >= 0.6 is 15.9 Å². The molecule has 1 aliphatic heterocycles. The van der Waals surface area contributed by atoms with Gasteiger partial charge in [0.2, 0.25) is 10.0 Å². The van der Waals surface area contributed by atoms with Crippen molar-refractivity contribution in [2.45, 2.75) is 30.4 Å². The lowest BCUT2D eigenvalue weighted by molar-refractivity contribution is 0.0774. The maximum Gasteiger partial charge on any atom is 0.243 e. The highest BCUT2D eigenvalue weighted by atomic mass is 79.9. The molecule has 2 N–H and O–H groups in total. The highest BCUT2D eigenvalue weighted by Crippen LogP contribution is 2.24. The highest BCUT2D eigenvalue weighted by molar-refractivity contribution is 9.10. The summed E-state index contributed by atoms with van der Waals surface area (Å²) in [6.07, 6.45) is 1.41. The van der Waals surface area contributed by atoms with E-state index in [0.717, 1.165) is 6.42 Å². The van der Waals surface area contributed by atoms with Crippen molar-refractivity contribution >= 4 is 26.0 Å². The molecule has 1 atom stereocenters. The zero-order valence-corrected chi connectivity index (χ0v) is 13.0. The number of aliphatic hydroxyl groups excluding tert-OH is 1. The quantitative estimate of drug-likeness (QED) is 0.846. The summed E-state index contributed by atoms with van der Waals surface area (Å²) >= 11 is 3.11. The Morgan fingerprint density at radius 3 is 2.85 bits per heavy atom. The average Bonchev–Trinajstić information content (AvgIpc) is 2.41. The third kappa shape index (κ3) is 3.56. The number of hydrogen-bond donors (Lipinski definition) is 2.